The fourth-order valence-corrected chi connectivity index (χ4v) is 4.87. The van der Waals surface area contributed by atoms with E-state index in [2.05, 4.69) is 4.72 Å². The number of rotatable bonds is 5. The molecule has 1 amide bonds. The van der Waals surface area contributed by atoms with Crippen LogP contribution >= 0.6 is 11.3 Å². The van der Waals surface area contributed by atoms with E-state index in [0.29, 0.717) is 30.1 Å². The number of primary amides is 1. The lowest BCUT2D eigenvalue weighted by Crippen LogP contribution is -2.46. The molecule has 0 atom stereocenters. The number of aryl methyl sites for hydroxylation is 1. The molecule has 2 heterocycles. The van der Waals surface area contributed by atoms with Gasteiger partial charge in [0.15, 0.2) is 0 Å². The van der Waals surface area contributed by atoms with E-state index in [1.54, 1.807) is 12.1 Å². The van der Waals surface area contributed by atoms with E-state index in [-0.39, 0.29) is 18.5 Å². The molecule has 0 saturated carbocycles. The highest BCUT2D eigenvalue weighted by molar-refractivity contribution is 7.91. The van der Waals surface area contributed by atoms with Crippen LogP contribution in [0, 0.1) is 6.92 Å². The minimum Gasteiger partial charge on any atom is -0.369 e. The number of hydrogen-bond donors (Lipinski definition) is 2. The largest absolute Gasteiger partial charge is 0.369 e. The van der Waals surface area contributed by atoms with Crippen LogP contribution < -0.4 is 10.5 Å². The van der Waals surface area contributed by atoms with Crippen molar-refractivity contribution in [1.82, 2.24) is 9.62 Å². The Morgan fingerprint density at radius 3 is 2.60 bits per heavy atom. The predicted molar refractivity (Wildman–Crippen MR) is 78.0 cm³/mol. The number of amides is 1. The monoisotopic (exact) mass is 317 g/mol. The maximum absolute atomic E-state index is 12.2. The van der Waals surface area contributed by atoms with Gasteiger partial charge in [0.2, 0.25) is 15.9 Å². The first-order chi connectivity index (χ1) is 9.37. The molecule has 0 unspecified atom stereocenters. The van der Waals surface area contributed by atoms with E-state index in [1.165, 1.54) is 11.3 Å². The number of hydrogen-bond acceptors (Lipinski definition) is 5. The van der Waals surface area contributed by atoms with Crippen LogP contribution in [-0.4, -0.2) is 44.9 Å². The summed E-state index contributed by atoms with van der Waals surface area (Å²) in [5.74, 6) is -0.349. The first kappa shape index (κ1) is 15.4. The number of likely N-dealkylation sites (tertiary alicyclic amines) is 1. The maximum atomic E-state index is 12.2. The van der Waals surface area contributed by atoms with Crippen molar-refractivity contribution in [1.29, 1.82) is 0 Å². The van der Waals surface area contributed by atoms with Crippen LogP contribution in [0.1, 0.15) is 17.7 Å². The van der Waals surface area contributed by atoms with Gasteiger partial charge in [0.05, 0.1) is 6.54 Å². The minimum atomic E-state index is -3.42. The normalized spacial score (nSPS) is 18.2. The van der Waals surface area contributed by atoms with Gasteiger partial charge in [-0.15, -0.1) is 11.3 Å². The number of nitrogens with zero attached hydrogens (tertiary/aromatic N) is 1. The van der Waals surface area contributed by atoms with Crippen LogP contribution in [0.3, 0.4) is 0 Å². The fraction of sp³-hybridized carbons (Fsp3) is 0.583. The third kappa shape index (κ3) is 4.02. The smallest absolute Gasteiger partial charge is 0.250 e. The van der Waals surface area contributed by atoms with Crippen molar-refractivity contribution >= 4 is 27.3 Å². The maximum Gasteiger partial charge on any atom is 0.250 e. The Balaban J connectivity index is 1.91. The fourth-order valence-electron chi connectivity index (χ4n) is 2.26. The van der Waals surface area contributed by atoms with Crippen LogP contribution in [0.2, 0.25) is 0 Å². The van der Waals surface area contributed by atoms with E-state index in [4.69, 9.17) is 5.73 Å². The highest BCUT2D eigenvalue weighted by Gasteiger charge is 2.25. The van der Waals surface area contributed by atoms with Gasteiger partial charge in [0.25, 0.3) is 0 Å². The van der Waals surface area contributed by atoms with Gasteiger partial charge in [-0.1, -0.05) is 0 Å². The summed E-state index contributed by atoms with van der Waals surface area (Å²) >= 11 is 1.27. The molecule has 0 bridgehead atoms. The van der Waals surface area contributed by atoms with Gasteiger partial charge in [-0.3, -0.25) is 9.69 Å². The number of piperidine rings is 1. The molecule has 1 aliphatic rings. The molecule has 1 aliphatic heterocycles. The topological polar surface area (TPSA) is 92.5 Å². The average molecular weight is 317 g/mol. The molecule has 0 aliphatic carbocycles. The molecule has 1 aromatic rings. The number of carbonyl (C=O) groups is 1. The number of nitrogens with one attached hydrogen (secondary N) is 1. The zero-order valence-corrected chi connectivity index (χ0v) is 13.0. The first-order valence-electron chi connectivity index (χ1n) is 6.46. The molecule has 1 fully saturated rings. The van der Waals surface area contributed by atoms with E-state index in [1.807, 2.05) is 11.8 Å². The lowest BCUT2D eigenvalue weighted by molar-refractivity contribution is -0.119. The molecule has 3 N–H and O–H groups in total. The summed E-state index contributed by atoms with van der Waals surface area (Å²) in [5, 5.41) is 0. The lowest BCUT2D eigenvalue weighted by atomic mass is 10.1. The summed E-state index contributed by atoms with van der Waals surface area (Å²) < 4.78 is 27.5. The Kier molecular flexibility index (Phi) is 4.79. The zero-order valence-electron chi connectivity index (χ0n) is 11.3. The second-order valence-electron chi connectivity index (χ2n) is 5.00. The van der Waals surface area contributed by atoms with Gasteiger partial charge in [-0.05, 0) is 31.9 Å². The molecule has 0 radical (unpaired) electrons. The Labute approximate surface area is 123 Å². The minimum absolute atomic E-state index is 0.0773. The Morgan fingerprint density at radius 1 is 1.45 bits per heavy atom. The molecular weight excluding hydrogens is 298 g/mol. The highest BCUT2D eigenvalue weighted by atomic mass is 32.2. The Hall–Kier alpha value is -0.960. The summed E-state index contributed by atoms with van der Waals surface area (Å²) in [6, 6.07) is 3.35. The highest BCUT2D eigenvalue weighted by Crippen LogP contribution is 2.22. The lowest BCUT2D eigenvalue weighted by Gasteiger charge is -2.31. The zero-order chi connectivity index (χ0) is 14.8. The van der Waals surface area contributed by atoms with E-state index < -0.39 is 10.0 Å². The molecule has 1 aromatic heterocycles. The average Bonchev–Trinajstić information content (AvgIpc) is 2.78. The van der Waals surface area contributed by atoms with E-state index in [0.717, 1.165) is 4.88 Å². The molecule has 8 heteroatoms. The Morgan fingerprint density at radius 2 is 2.10 bits per heavy atom. The summed E-state index contributed by atoms with van der Waals surface area (Å²) in [6.07, 6.45) is 1.38. The summed E-state index contributed by atoms with van der Waals surface area (Å²) in [6.45, 7) is 3.48. The van der Waals surface area contributed by atoms with Crippen LogP contribution in [0.4, 0.5) is 0 Å². The quantitative estimate of drug-likeness (QED) is 0.816. The van der Waals surface area contributed by atoms with Crippen molar-refractivity contribution in [2.24, 2.45) is 5.73 Å². The standard InChI is InChI=1S/C12H19N3O3S2/c1-9-2-3-12(19-9)20(17,18)14-10-4-6-15(7-5-10)8-11(13)16/h2-3,10,14H,4-8H2,1H3,(H2,13,16). The van der Waals surface area contributed by atoms with Gasteiger partial charge in [-0.2, -0.15) is 0 Å². The first-order valence-corrected chi connectivity index (χ1v) is 8.76. The van der Waals surface area contributed by atoms with Crippen molar-refractivity contribution < 1.29 is 13.2 Å². The van der Waals surface area contributed by atoms with Crippen molar-refractivity contribution in [2.45, 2.75) is 30.0 Å². The van der Waals surface area contributed by atoms with Crippen molar-refractivity contribution in [3.8, 4) is 0 Å². The van der Waals surface area contributed by atoms with Crippen LogP contribution in [-0.2, 0) is 14.8 Å². The van der Waals surface area contributed by atoms with Gasteiger partial charge in [0.1, 0.15) is 4.21 Å². The van der Waals surface area contributed by atoms with Gasteiger partial charge < -0.3 is 5.73 Å². The van der Waals surface area contributed by atoms with Gasteiger partial charge >= 0.3 is 0 Å². The molecule has 6 nitrogen and oxygen atoms in total. The van der Waals surface area contributed by atoms with Crippen LogP contribution in [0.25, 0.3) is 0 Å². The molecule has 20 heavy (non-hydrogen) atoms. The molecule has 1 saturated heterocycles. The predicted octanol–water partition coefficient (Wildman–Crippen LogP) is 0.285. The molecule has 2 rings (SSSR count). The van der Waals surface area contributed by atoms with Gasteiger partial charge in [0, 0.05) is 24.0 Å². The number of carbonyl (C=O) groups excluding carboxylic acids is 1. The molecule has 0 aromatic carbocycles. The summed E-state index contributed by atoms with van der Waals surface area (Å²) in [7, 11) is -3.42. The molecule has 112 valence electrons. The van der Waals surface area contributed by atoms with Crippen molar-refractivity contribution in [3.05, 3.63) is 17.0 Å². The van der Waals surface area contributed by atoms with Crippen molar-refractivity contribution in [2.75, 3.05) is 19.6 Å². The molecule has 0 spiro atoms. The summed E-state index contributed by atoms with van der Waals surface area (Å²) in [4.78, 5) is 13.8. The van der Waals surface area contributed by atoms with Crippen LogP contribution in [0.15, 0.2) is 16.3 Å². The number of nitrogens with two attached hydrogens (primary N) is 1. The Bertz CT molecular complexity index is 575. The third-order valence-electron chi connectivity index (χ3n) is 3.27. The summed E-state index contributed by atoms with van der Waals surface area (Å²) in [5.41, 5.74) is 5.15. The SMILES string of the molecule is Cc1ccc(S(=O)(=O)NC2CCN(CC(N)=O)CC2)s1. The van der Waals surface area contributed by atoms with Gasteiger partial charge in [-0.25, -0.2) is 13.1 Å². The van der Waals surface area contributed by atoms with E-state index >= 15 is 0 Å². The number of sulfonamides is 1. The number of thiophene rings is 1. The second-order valence-corrected chi connectivity index (χ2v) is 8.23. The van der Waals surface area contributed by atoms with Crippen molar-refractivity contribution in [3.63, 3.8) is 0 Å². The second kappa shape index (κ2) is 6.21. The third-order valence-corrected chi connectivity index (χ3v) is 6.28. The van der Waals surface area contributed by atoms with Crippen LogP contribution in [0.5, 0.6) is 0 Å². The molecular formula is C12H19N3O3S2. The van der Waals surface area contributed by atoms with E-state index in [9.17, 15) is 13.2 Å².